The topological polar surface area (TPSA) is 44.1 Å². The first-order chi connectivity index (χ1) is 13.6. The summed E-state index contributed by atoms with van der Waals surface area (Å²) >= 11 is 6.10. The lowest BCUT2D eigenvalue weighted by molar-refractivity contribution is 0.0723. The predicted molar refractivity (Wildman–Crippen MR) is 105 cm³/mol. The Morgan fingerprint density at radius 1 is 0.929 bits per heavy atom. The summed E-state index contributed by atoms with van der Waals surface area (Å²) in [5.41, 5.74) is 2.41. The van der Waals surface area contributed by atoms with Crippen LogP contribution in [0.3, 0.4) is 0 Å². The van der Waals surface area contributed by atoms with Crippen molar-refractivity contribution in [1.82, 2.24) is 9.78 Å². The Kier molecular flexibility index (Phi) is 4.91. The quantitative estimate of drug-likeness (QED) is 0.427. The number of esters is 1. The van der Waals surface area contributed by atoms with Crippen LogP contribution in [-0.2, 0) is 0 Å². The summed E-state index contributed by atoms with van der Waals surface area (Å²) in [7, 11) is 0. The number of halogens is 2. The van der Waals surface area contributed by atoms with Crippen molar-refractivity contribution < 1.29 is 13.9 Å². The van der Waals surface area contributed by atoms with Crippen molar-refractivity contribution in [2.24, 2.45) is 0 Å². The van der Waals surface area contributed by atoms with E-state index in [-0.39, 0.29) is 11.4 Å². The molecule has 0 aliphatic rings. The average Bonchev–Trinajstić information content (AvgIpc) is 3.13. The van der Waals surface area contributed by atoms with Crippen LogP contribution < -0.4 is 4.74 Å². The lowest BCUT2D eigenvalue weighted by Crippen LogP contribution is -2.11. The second-order valence-corrected chi connectivity index (χ2v) is 6.46. The molecule has 138 valence electrons. The van der Waals surface area contributed by atoms with Gasteiger partial charge in [0.05, 0.1) is 16.9 Å². The minimum Gasteiger partial charge on any atom is -0.404 e. The highest BCUT2D eigenvalue weighted by atomic mass is 35.5. The molecule has 0 aliphatic carbocycles. The van der Waals surface area contributed by atoms with Crippen LogP contribution in [0.2, 0.25) is 5.02 Å². The minimum atomic E-state index is -0.609. The van der Waals surface area contributed by atoms with Gasteiger partial charge in [-0.1, -0.05) is 48.0 Å². The van der Waals surface area contributed by atoms with Crippen molar-refractivity contribution in [3.05, 3.63) is 101 Å². The number of benzene rings is 3. The third-order valence-electron chi connectivity index (χ3n) is 4.08. The van der Waals surface area contributed by atoms with Gasteiger partial charge in [0.25, 0.3) is 0 Å². The molecule has 0 unspecified atom stereocenters. The van der Waals surface area contributed by atoms with E-state index in [2.05, 4.69) is 5.10 Å². The lowest BCUT2D eigenvalue weighted by atomic mass is 10.2. The van der Waals surface area contributed by atoms with Gasteiger partial charge >= 0.3 is 5.97 Å². The summed E-state index contributed by atoms with van der Waals surface area (Å²) < 4.78 is 20.2. The molecule has 0 aliphatic heterocycles. The Bertz CT molecular complexity index is 1130. The van der Waals surface area contributed by atoms with Gasteiger partial charge in [-0.25, -0.2) is 9.18 Å². The lowest BCUT2D eigenvalue weighted by Gasteiger charge is -2.08. The van der Waals surface area contributed by atoms with Crippen molar-refractivity contribution >= 4 is 17.6 Å². The standard InChI is InChI=1S/C22H14ClFN2O2/c23-17-7-4-8-19(13-17)26-21(14-20(25-26)15-5-2-1-3-6-15)28-22(27)16-9-11-18(24)12-10-16/h1-14H. The maximum atomic E-state index is 13.1. The molecule has 4 rings (SSSR count). The molecule has 0 N–H and O–H groups in total. The normalized spacial score (nSPS) is 10.6. The second kappa shape index (κ2) is 7.66. The fraction of sp³-hybridized carbons (Fsp3) is 0. The van der Waals surface area contributed by atoms with Gasteiger partial charge in [0.15, 0.2) is 0 Å². The first-order valence-corrected chi connectivity index (χ1v) is 8.87. The molecule has 0 spiro atoms. The Balaban J connectivity index is 1.75. The Labute approximate surface area is 165 Å². The number of ether oxygens (including phenoxy) is 1. The molecule has 28 heavy (non-hydrogen) atoms. The molecular weight excluding hydrogens is 379 g/mol. The third kappa shape index (κ3) is 3.80. The van der Waals surface area contributed by atoms with Crippen molar-refractivity contribution in [2.75, 3.05) is 0 Å². The van der Waals surface area contributed by atoms with Gasteiger partial charge in [0.2, 0.25) is 5.88 Å². The van der Waals surface area contributed by atoms with E-state index < -0.39 is 11.8 Å². The fourth-order valence-corrected chi connectivity index (χ4v) is 2.90. The highest BCUT2D eigenvalue weighted by molar-refractivity contribution is 6.30. The molecule has 3 aromatic carbocycles. The molecule has 0 atom stereocenters. The van der Waals surface area contributed by atoms with E-state index in [1.807, 2.05) is 36.4 Å². The van der Waals surface area contributed by atoms with Gasteiger partial charge in [-0.05, 0) is 42.5 Å². The monoisotopic (exact) mass is 392 g/mol. The summed E-state index contributed by atoms with van der Waals surface area (Å²) in [6, 6.07) is 23.4. The van der Waals surface area contributed by atoms with Crippen LogP contribution in [0.1, 0.15) is 10.4 Å². The van der Waals surface area contributed by atoms with Crippen LogP contribution >= 0.6 is 11.6 Å². The van der Waals surface area contributed by atoms with Crippen molar-refractivity contribution in [1.29, 1.82) is 0 Å². The van der Waals surface area contributed by atoms with E-state index in [1.165, 1.54) is 28.9 Å². The maximum absolute atomic E-state index is 13.1. The fourth-order valence-electron chi connectivity index (χ4n) is 2.72. The molecule has 0 amide bonds. The van der Waals surface area contributed by atoms with Gasteiger partial charge in [-0.2, -0.15) is 9.78 Å². The minimum absolute atomic E-state index is 0.232. The number of carbonyl (C=O) groups is 1. The molecule has 6 heteroatoms. The summed E-state index contributed by atoms with van der Waals surface area (Å²) in [4.78, 5) is 12.5. The Morgan fingerprint density at radius 2 is 1.68 bits per heavy atom. The van der Waals surface area contributed by atoms with Crippen LogP contribution in [0.4, 0.5) is 4.39 Å². The van der Waals surface area contributed by atoms with Crippen LogP contribution in [0.5, 0.6) is 5.88 Å². The van der Waals surface area contributed by atoms with E-state index in [1.54, 1.807) is 24.3 Å². The zero-order valence-corrected chi connectivity index (χ0v) is 15.3. The van der Waals surface area contributed by atoms with Gasteiger partial charge < -0.3 is 4.74 Å². The average molecular weight is 393 g/mol. The second-order valence-electron chi connectivity index (χ2n) is 6.02. The number of carbonyl (C=O) groups excluding carboxylic acids is 1. The maximum Gasteiger partial charge on any atom is 0.344 e. The summed E-state index contributed by atoms with van der Waals surface area (Å²) in [5.74, 6) is -0.801. The first-order valence-electron chi connectivity index (χ1n) is 8.49. The van der Waals surface area contributed by atoms with Crippen molar-refractivity contribution in [2.45, 2.75) is 0 Å². The van der Waals surface area contributed by atoms with Crippen LogP contribution in [-0.4, -0.2) is 15.7 Å². The Morgan fingerprint density at radius 3 is 2.39 bits per heavy atom. The molecular formula is C22H14ClFN2O2. The zero-order chi connectivity index (χ0) is 19.5. The van der Waals surface area contributed by atoms with Gasteiger partial charge in [0, 0.05) is 16.7 Å². The number of hydrogen-bond acceptors (Lipinski definition) is 3. The first kappa shape index (κ1) is 17.9. The van der Waals surface area contributed by atoms with E-state index >= 15 is 0 Å². The van der Waals surface area contributed by atoms with Crippen LogP contribution in [0.15, 0.2) is 84.9 Å². The molecule has 0 fully saturated rings. The number of hydrogen-bond donors (Lipinski definition) is 0. The van der Waals surface area contributed by atoms with Crippen molar-refractivity contribution in [3.8, 4) is 22.8 Å². The SMILES string of the molecule is O=C(Oc1cc(-c2ccccc2)nn1-c1cccc(Cl)c1)c1ccc(F)cc1. The molecule has 4 aromatic rings. The largest absolute Gasteiger partial charge is 0.404 e. The molecule has 0 saturated heterocycles. The van der Waals surface area contributed by atoms with Crippen LogP contribution in [0.25, 0.3) is 16.9 Å². The molecule has 0 bridgehead atoms. The highest BCUT2D eigenvalue weighted by Crippen LogP contribution is 2.28. The van der Waals surface area contributed by atoms with Gasteiger partial charge in [0.1, 0.15) is 5.82 Å². The van der Waals surface area contributed by atoms with E-state index in [0.29, 0.717) is 16.4 Å². The van der Waals surface area contributed by atoms with E-state index in [4.69, 9.17) is 16.3 Å². The number of rotatable bonds is 4. The van der Waals surface area contributed by atoms with E-state index in [0.717, 1.165) is 5.56 Å². The highest BCUT2D eigenvalue weighted by Gasteiger charge is 2.17. The van der Waals surface area contributed by atoms with Gasteiger partial charge in [-0.15, -0.1) is 0 Å². The van der Waals surface area contributed by atoms with Crippen LogP contribution in [0, 0.1) is 5.82 Å². The Hall–Kier alpha value is -3.44. The molecule has 0 radical (unpaired) electrons. The van der Waals surface area contributed by atoms with Crippen molar-refractivity contribution in [3.63, 3.8) is 0 Å². The predicted octanol–water partition coefficient (Wildman–Crippen LogP) is 5.55. The van der Waals surface area contributed by atoms with E-state index in [9.17, 15) is 9.18 Å². The number of nitrogens with zero attached hydrogens (tertiary/aromatic N) is 2. The number of aromatic nitrogens is 2. The summed E-state index contributed by atoms with van der Waals surface area (Å²) in [6.45, 7) is 0. The molecule has 4 nitrogen and oxygen atoms in total. The molecule has 1 heterocycles. The summed E-state index contributed by atoms with van der Waals surface area (Å²) in [6.07, 6.45) is 0. The smallest absolute Gasteiger partial charge is 0.344 e. The molecule has 0 saturated carbocycles. The third-order valence-corrected chi connectivity index (χ3v) is 4.31. The molecule has 1 aromatic heterocycles. The van der Waals surface area contributed by atoms with Gasteiger partial charge in [-0.3, -0.25) is 0 Å². The summed E-state index contributed by atoms with van der Waals surface area (Å²) in [5, 5.41) is 5.11. The zero-order valence-electron chi connectivity index (χ0n) is 14.5.